The summed E-state index contributed by atoms with van der Waals surface area (Å²) in [7, 11) is 0. The van der Waals surface area contributed by atoms with E-state index in [1.807, 2.05) is 27.7 Å². The van der Waals surface area contributed by atoms with E-state index in [-0.39, 0.29) is 12.2 Å². The van der Waals surface area contributed by atoms with E-state index in [1.165, 1.54) is 12.5 Å². The lowest BCUT2D eigenvalue weighted by molar-refractivity contribution is 0.0875. The van der Waals surface area contributed by atoms with E-state index in [4.69, 9.17) is 9.47 Å². The minimum atomic E-state index is -0.386. The number of ether oxygens (including phenoxy) is 2. The number of piperazine rings is 1. The van der Waals surface area contributed by atoms with Crippen LogP contribution in [0.25, 0.3) is 0 Å². The van der Waals surface area contributed by atoms with Gasteiger partial charge in [0.2, 0.25) is 0 Å². The van der Waals surface area contributed by atoms with E-state index in [1.54, 1.807) is 9.80 Å². The van der Waals surface area contributed by atoms with Gasteiger partial charge in [0.05, 0.1) is 12.5 Å². The fourth-order valence-corrected chi connectivity index (χ4v) is 1.56. The summed E-state index contributed by atoms with van der Waals surface area (Å²) in [4.78, 5) is 26.6. The van der Waals surface area contributed by atoms with Crippen molar-refractivity contribution in [1.82, 2.24) is 9.80 Å². The van der Waals surface area contributed by atoms with Gasteiger partial charge < -0.3 is 19.3 Å². The highest BCUT2D eigenvalue weighted by Crippen LogP contribution is 2.07. The van der Waals surface area contributed by atoms with Crippen molar-refractivity contribution in [2.45, 2.75) is 27.7 Å². The van der Waals surface area contributed by atoms with Gasteiger partial charge in [0.25, 0.3) is 0 Å². The first-order valence-corrected chi connectivity index (χ1v) is 6.58. The highest BCUT2D eigenvalue weighted by molar-refractivity contribution is 5.71. The molecule has 0 aromatic heterocycles. The molecule has 0 aromatic rings. The Kier molecular flexibility index (Phi) is 6.09. The van der Waals surface area contributed by atoms with Crippen LogP contribution < -0.4 is 0 Å². The fraction of sp³-hybridized carbons (Fsp3) is 0.571. The molecular formula is C14H22N2O4. The smallest absolute Gasteiger partial charge is 0.414 e. The number of hydrogen-bond acceptors (Lipinski definition) is 4. The van der Waals surface area contributed by atoms with Gasteiger partial charge in [-0.2, -0.15) is 0 Å². The molecule has 112 valence electrons. The van der Waals surface area contributed by atoms with Gasteiger partial charge in [-0.3, -0.25) is 0 Å². The molecule has 0 unspecified atom stereocenters. The minimum absolute atomic E-state index is 0.386. The van der Waals surface area contributed by atoms with Gasteiger partial charge in [0.1, 0.15) is 0 Å². The second-order valence-corrected chi connectivity index (χ2v) is 5.13. The molecule has 1 aliphatic heterocycles. The van der Waals surface area contributed by atoms with E-state index in [2.05, 4.69) is 0 Å². The zero-order valence-corrected chi connectivity index (χ0v) is 12.5. The highest BCUT2D eigenvalue weighted by Gasteiger charge is 2.25. The number of hydrogen-bond donors (Lipinski definition) is 0. The third kappa shape index (κ3) is 5.34. The van der Waals surface area contributed by atoms with E-state index >= 15 is 0 Å². The SMILES string of the molecule is CC(C)=COC(=O)N1CCN(C(=O)OC=C(C)C)CC1. The molecule has 0 atom stereocenters. The zero-order valence-electron chi connectivity index (χ0n) is 12.5. The van der Waals surface area contributed by atoms with Gasteiger partial charge in [-0.15, -0.1) is 0 Å². The van der Waals surface area contributed by atoms with Crippen molar-refractivity contribution < 1.29 is 19.1 Å². The maximum absolute atomic E-state index is 11.7. The van der Waals surface area contributed by atoms with Crippen molar-refractivity contribution in [2.24, 2.45) is 0 Å². The number of allylic oxidation sites excluding steroid dienone is 2. The van der Waals surface area contributed by atoms with Crippen LogP contribution in [0.4, 0.5) is 9.59 Å². The molecule has 0 radical (unpaired) electrons. The van der Waals surface area contributed by atoms with Crippen molar-refractivity contribution in [3.8, 4) is 0 Å². The van der Waals surface area contributed by atoms with Crippen LogP contribution in [0, 0.1) is 0 Å². The maximum atomic E-state index is 11.7. The Balaban J connectivity index is 2.39. The molecule has 0 bridgehead atoms. The number of nitrogens with zero attached hydrogens (tertiary/aromatic N) is 2. The van der Waals surface area contributed by atoms with E-state index in [0.717, 1.165) is 11.1 Å². The fourth-order valence-electron chi connectivity index (χ4n) is 1.56. The van der Waals surface area contributed by atoms with Crippen LogP contribution in [-0.2, 0) is 9.47 Å². The molecule has 1 rings (SSSR count). The van der Waals surface area contributed by atoms with Crippen molar-refractivity contribution in [1.29, 1.82) is 0 Å². The second kappa shape index (κ2) is 7.57. The van der Waals surface area contributed by atoms with Gasteiger partial charge in [0.15, 0.2) is 0 Å². The Labute approximate surface area is 119 Å². The molecular weight excluding hydrogens is 260 g/mol. The van der Waals surface area contributed by atoms with E-state index in [9.17, 15) is 9.59 Å². The zero-order chi connectivity index (χ0) is 15.1. The Morgan fingerprint density at radius 2 is 1.05 bits per heavy atom. The second-order valence-electron chi connectivity index (χ2n) is 5.13. The molecule has 1 fully saturated rings. The first kappa shape index (κ1) is 16.1. The van der Waals surface area contributed by atoms with Gasteiger partial charge in [-0.1, -0.05) is 0 Å². The summed E-state index contributed by atoms with van der Waals surface area (Å²) in [5.41, 5.74) is 1.84. The first-order valence-electron chi connectivity index (χ1n) is 6.58. The normalized spacial score (nSPS) is 14.4. The lowest BCUT2D eigenvalue weighted by Gasteiger charge is -2.32. The van der Waals surface area contributed by atoms with Crippen molar-refractivity contribution in [3.63, 3.8) is 0 Å². The molecule has 0 saturated carbocycles. The van der Waals surface area contributed by atoms with Crippen LogP contribution >= 0.6 is 0 Å². The lowest BCUT2D eigenvalue weighted by Crippen LogP contribution is -2.50. The molecule has 0 spiro atoms. The lowest BCUT2D eigenvalue weighted by atomic mass is 10.3. The highest BCUT2D eigenvalue weighted by atomic mass is 16.6. The number of rotatable bonds is 2. The summed E-state index contributed by atoms with van der Waals surface area (Å²) in [5, 5.41) is 0. The predicted octanol–water partition coefficient (Wildman–Crippen LogP) is 2.72. The Hall–Kier alpha value is -1.98. The number of amides is 2. The third-order valence-corrected chi connectivity index (χ3v) is 2.59. The molecule has 0 N–H and O–H groups in total. The molecule has 0 aromatic carbocycles. The Bertz CT molecular complexity index is 373. The standard InChI is InChI=1S/C14H22N2O4/c1-11(2)9-19-13(17)15-5-7-16(8-6-15)14(18)20-10-12(3)4/h9-10H,5-8H2,1-4H3. The Morgan fingerprint density at radius 3 is 1.30 bits per heavy atom. The van der Waals surface area contributed by atoms with Crippen LogP contribution in [0.5, 0.6) is 0 Å². The molecule has 6 heteroatoms. The van der Waals surface area contributed by atoms with Crippen LogP contribution in [0.15, 0.2) is 23.7 Å². The quantitative estimate of drug-likeness (QED) is 0.731. The molecule has 1 saturated heterocycles. The number of carbonyl (C=O) groups excluding carboxylic acids is 2. The van der Waals surface area contributed by atoms with Gasteiger partial charge in [-0.25, -0.2) is 9.59 Å². The van der Waals surface area contributed by atoms with Crippen LogP contribution in [0.2, 0.25) is 0 Å². The van der Waals surface area contributed by atoms with Crippen molar-refractivity contribution in [2.75, 3.05) is 26.2 Å². The minimum Gasteiger partial charge on any atom is -0.418 e. The van der Waals surface area contributed by atoms with Gasteiger partial charge in [0, 0.05) is 26.2 Å². The molecule has 20 heavy (non-hydrogen) atoms. The first-order chi connectivity index (χ1) is 9.40. The molecule has 1 aliphatic rings. The van der Waals surface area contributed by atoms with Crippen LogP contribution in [-0.4, -0.2) is 48.2 Å². The summed E-state index contributed by atoms with van der Waals surface area (Å²) in [6.07, 6.45) is 2.09. The van der Waals surface area contributed by atoms with Crippen molar-refractivity contribution >= 4 is 12.2 Å². The topological polar surface area (TPSA) is 59.1 Å². The molecule has 0 aliphatic carbocycles. The summed E-state index contributed by atoms with van der Waals surface area (Å²) < 4.78 is 10.00. The molecule has 2 amide bonds. The number of carbonyl (C=O) groups is 2. The summed E-state index contributed by atoms with van der Waals surface area (Å²) >= 11 is 0. The van der Waals surface area contributed by atoms with Crippen LogP contribution in [0.3, 0.4) is 0 Å². The summed E-state index contributed by atoms with van der Waals surface area (Å²) in [6.45, 7) is 9.18. The average molecular weight is 282 g/mol. The maximum Gasteiger partial charge on any atom is 0.414 e. The average Bonchev–Trinajstić information content (AvgIpc) is 2.42. The summed E-state index contributed by atoms with van der Waals surface area (Å²) in [5.74, 6) is 0. The summed E-state index contributed by atoms with van der Waals surface area (Å²) in [6, 6.07) is 0. The van der Waals surface area contributed by atoms with Crippen LogP contribution in [0.1, 0.15) is 27.7 Å². The Morgan fingerprint density at radius 1 is 0.750 bits per heavy atom. The molecule has 6 nitrogen and oxygen atoms in total. The van der Waals surface area contributed by atoms with Gasteiger partial charge >= 0.3 is 12.2 Å². The predicted molar refractivity (Wildman–Crippen MR) is 75.0 cm³/mol. The van der Waals surface area contributed by atoms with Gasteiger partial charge in [-0.05, 0) is 38.8 Å². The van der Waals surface area contributed by atoms with E-state index in [0.29, 0.717) is 26.2 Å². The van der Waals surface area contributed by atoms with Crippen molar-refractivity contribution in [3.05, 3.63) is 23.7 Å². The third-order valence-electron chi connectivity index (χ3n) is 2.59. The largest absolute Gasteiger partial charge is 0.418 e. The molecule has 1 heterocycles. The monoisotopic (exact) mass is 282 g/mol. The van der Waals surface area contributed by atoms with E-state index < -0.39 is 0 Å².